The van der Waals surface area contributed by atoms with E-state index in [1.54, 1.807) is 0 Å². The maximum atomic E-state index is 11.8. The quantitative estimate of drug-likeness (QED) is 0.733. The van der Waals surface area contributed by atoms with Crippen LogP contribution < -0.4 is 16.0 Å². The van der Waals surface area contributed by atoms with Gasteiger partial charge in [-0.3, -0.25) is 4.79 Å². The molecule has 0 spiro atoms. The Labute approximate surface area is 134 Å². The van der Waals surface area contributed by atoms with E-state index in [1.807, 2.05) is 39.0 Å². The lowest BCUT2D eigenvalue weighted by atomic mass is 10.2. The standard InChI is InChI=1S/C15H22BrN3O2/c1-4-12(5-2)18-15(21)17-9-14(20)19-13-7-6-11(16)8-10(13)3/h6-8,12H,4-5,9H2,1-3H3,(H,19,20)(H2,17,18,21). The molecule has 0 saturated heterocycles. The first kappa shape index (κ1) is 17.5. The van der Waals surface area contributed by atoms with E-state index in [4.69, 9.17) is 0 Å². The van der Waals surface area contributed by atoms with Gasteiger partial charge in [-0.1, -0.05) is 29.8 Å². The third-order valence-electron chi connectivity index (χ3n) is 3.19. The highest BCUT2D eigenvalue weighted by molar-refractivity contribution is 9.10. The maximum absolute atomic E-state index is 11.8. The number of aryl methyl sites for hydroxylation is 1. The van der Waals surface area contributed by atoms with Crippen LogP contribution >= 0.6 is 15.9 Å². The fourth-order valence-electron chi connectivity index (χ4n) is 1.85. The number of carbonyl (C=O) groups is 2. The second-order valence-corrected chi connectivity index (χ2v) is 5.76. The minimum atomic E-state index is -0.314. The van der Waals surface area contributed by atoms with Crippen molar-refractivity contribution < 1.29 is 9.59 Å². The van der Waals surface area contributed by atoms with Crippen LogP contribution in [0.2, 0.25) is 0 Å². The van der Waals surface area contributed by atoms with Crippen molar-refractivity contribution in [3.63, 3.8) is 0 Å². The van der Waals surface area contributed by atoms with Crippen LogP contribution in [0, 0.1) is 6.92 Å². The van der Waals surface area contributed by atoms with Crippen LogP contribution in [0.25, 0.3) is 0 Å². The minimum absolute atomic E-state index is 0.0541. The number of amides is 3. The summed E-state index contributed by atoms with van der Waals surface area (Å²) in [6.07, 6.45) is 1.74. The molecule has 1 rings (SSSR count). The van der Waals surface area contributed by atoms with Gasteiger partial charge in [-0.05, 0) is 43.5 Å². The van der Waals surface area contributed by atoms with Gasteiger partial charge in [0.2, 0.25) is 5.91 Å². The molecular weight excluding hydrogens is 334 g/mol. The molecular formula is C15H22BrN3O2. The summed E-state index contributed by atoms with van der Waals surface area (Å²) in [5.74, 6) is -0.250. The number of benzene rings is 1. The molecule has 0 heterocycles. The normalized spacial score (nSPS) is 10.3. The van der Waals surface area contributed by atoms with Crippen molar-refractivity contribution in [3.8, 4) is 0 Å². The summed E-state index contributed by atoms with van der Waals surface area (Å²) in [4.78, 5) is 23.4. The zero-order chi connectivity index (χ0) is 15.8. The fraction of sp³-hybridized carbons (Fsp3) is 0.467. The molecule has 0 radical (unpaired) electrons. The summed E-state index contributed by atoms with van der Waals surface area (Å²) in [7, 11) is 0. The third kappa shape index (κ3) is 6.16. The monoisotopic (exact) mass is 355 g/mol. The average molecular weight is 356 g/mol. The first-order valence-corrected chi connectivity index (χ1v) is 7.85. The first-order valence-electron chi connectivity index (χ1n) is 7.06. The van der Waals surface area contributed by atoms with Crippen LogP contribution in [0.4, 0.5) is 10.5 Å². The van der Waals surface area contributed by atoms with E-state index in [0.29, 0.717) is 0 Å². The summed E-state index contributed by atoms with van der Waals surface area (Å²) in [5.41, 5.74) is 1.70. The predicted molar refractivity (Wildman–Crippen MR) is 88.4 cm³/mol. The van der Waals surface area contributed by atoms with Gasteiger partial charge < -0.3 is 16.0 Å². The van der Waals surface area contributed by atoms with Crippen molar-refractivity contribution in [3.05, 3.63) is 28.2 Å². The smallest absolute Gasteiger partial charge is 0.315 e. The number of nitrogens with one attached hydrogen (secondary N) is 3. The number of hydrogen-bond acceptors (Lipinski definition) is 2. The lowest BCUT2D eigenvalue weighted by Gasteiger charge is -2.15. The van der Waals surface area contributed by atoms with E-state index in [9.17, 15) is 9.59 Å². The van der Waals surface area contributed by atoms with Gasteiger partial charge in [0.25, 0.3) is 0 Å². The zero-order valence-corrected chi connectivity index (χ0v) is 14.2. The molecule has 0 aliphatic heterocycles. The fourth-order valence-corrected chi connectivity index (χ4v) is 2.33. The van der Waals surface area contributed by atoms with Gasteiger partial charge in [-0.15, -0.1) is 0 Å². The summed E-state index contributed by atoms with van der Waals surface area (Å²) >= 11 is 3.37. The Hall–Kier alpha value is -1.56. The molecule has 1 aromatic carbocycles. The lowest BCUT2D eigenvalue weighted by molar-refractivity contribution is -0.115. The van der Waals surface area contributed by atoms with Crippen molar-refractivity contribution in [2.45, 2.75) is 39.7 Å². The highest BCUT2D eigenvalue weighted by atomic mass is 79.9. The van der Waals surface area contributed by atoms with Crippen LogP contribution in [0.3, 0.4) is 0 Å². The molecule has 3 amide bonds. The molecule has 6 heteroatoms. The van der Waals surface area contributed by atoms with Gasteiger partial charge in [-0.2, -0.15) is 0 Å². The third-order valence-corrected chi connectivity index (χ3v) is 3.69. The van der Waals surface area contributed by atoms with E-state index in [0.717, 1.165) is 28.6 Å². The second-order valence-electron chi connectivity index (χ2n) is 4.85. The molecule has 5 nitrogen and oxygen atoms in total. The molecule has 1 aromatic rings. The number of rotatable bonds is 6. The largest absolute Gasteiger partial charge is 0.335 e. The number of anilines is 1. The van der Waals surface area contributed by atoms with Crippen molar-refractivity contribution in [1.29, 1.82) is 0 Å². The molecule has 0 aromatic heterocycles. The molecule has 0 aliphatic rings. The summed E-state index contributed by atoms with van der Waals surface area (Å²) in [6, 6.07) is 5.42. The van der Waals surface area contributed by atoms with Crippen LogP contribution in [0.1, 0.15) is 32.3 Å². The molecule has 0 aliphatic carbocycles. The predicted octanol–water partition coefficient (Wildman–Crippen LogP) is 3.18. The lowest BCUT2D eigenvalue weighted by Crippen LogP contribution is -2.44. The van der Waals surface area contributed by atoms with Crippen LogP contribution in [0.15, 0.2) is 22.7 Å². The van der Waals surface area contributed by atoms with Gasteiger partial charge in [0.15, 0.2) is 0 Å². The first-order chi connectivity index (χ1) is 9.96. The summed E-state index contributed by atoms with van der Waals surface area (Å²) in [6.45, 7) is 5.88. The molecule has 3 N–H and O–H groups in total. The van der Waals surface area contributed by atoms with E-state index in [1.165, 1.54) is 0 Å². The molecule has 21 heavy (non-hydrogen) atoms. The highest BCUT2D eigenvalue weighted by Crippen LogP contribution is 2.19. The molecule has 0 bridgehead atoms. The molecule has 0 saturated carbocycles. The summed E-state index contributed by atoms with van der Waals surface area (Å²) in [5, 5.41) is 8.15. The number of carbonyl (C=O) groups excluding carboxylic acids is 2. The average Bonchev–Trinajstić information content (AvgIpc) is 2.45. The number of halogens is 1. The maximum Gasteiger partial charge on any atom is 0.315 e. The second kappa shape index (κ2) is 8.67. The van der Waals surface area contributed by atoms with Crippen LogP contribution in [0.5, 0.6) is 0 Å². The van der Waals surface area contributed by atoms with Crippen molar-refractivity contribution in [2.75, 3.05) is 11.9 Å². The molecule has 0 fully saturated rings. The SMILES string of the molecule is CCC(CC)NC(=O)NCC(=O)Nc1ccc(Br)cc1C. The summed E-state index contributed by atoms with van der Waals surface area (Å²) < 4.78 is 0.959. The van der Waals surface area contributed by atoms with Crippen molar-refractivity contribution in [2.24, 2.45) is 0 Å². The van der Waals surface area contributed by atoms with E-state index < -0.39 is 0 Å². The van der Waals surface area contributed by atoms with Crippen LogP contribution in [-0.2, 0) is 4.79 Å². The number of hydrogen-bond donors (Lipinski definition) is 3. The van der Waals surface area contributed by atoms with Gasteiger partial charge in [-0.25, -0.2) is 4.79 Å². The number of urea groups is 1. The Morgan fingerprint density at radius 2 is 1.90 bits per heavy atom. The van der Waals surface area contributed by atoms with Gasteiger partial charge >= 0.3 is 6.03 Å². The molecule has 116 valence electrons. The van der Waals surface area contributed by atoms with Gasteiger partial charge in [0, 0.05) is 16.2 Å². The molecule has 0 atom stereocenters. The Kier molecular flexibility index (Phi) is 7.22. The van der Waals surface area contributed by atoms with Gasteiger partial charge in [0.1, 0.15) is 0 Å². The molecule has 0 unspecified atom stereocenters. The minimum Gasteiger partial charge on any atom is -0.335 e. The van der Waals surface area contributed by atoms with E-state index >= 15 is 0 Å². The zero-order valence-electron chi connectivity index (χ0n) is 12.6. The Balaban J connectivity index is 2.42. The Morgan fingerprint density at radius 1 is 1.24 bits per heavy atom. The Morgan fingerprint density at radius 3 is 2.48 bits per heavy atom. The van der Waals surface area contributed by atoms with Gasteiger partial charge in [0.05, 0.1) is 6.54 Å². The van der Waals surface area contributed by atoms with E-state index in [-0.39, 0.29) is 24.5 Å². The topological polar surface area (TPSA) is 70.2 Å². The van der Waals surface area contributed by atoms with E-state index in [2.05, 4.69) is 31.9 Å². The van der Waals surface area contributed by atoms with Crippen molar-refractivity contribution in [1.82, 2.24) is 10.6 Å². The van der Waals surface area contributed by atoms with Crippen molar-refractivity contribution >= 4 is 33.6 Å². The van der Waals surface area contributed by atoms with Crippen LogP contribution in [-0.4, -0.2) is 24.5 Å². The Bertz CT molecular complexity index is 502. The highest BCUT2D eigenvalue weighted by Gasteiger charge is 2.10.